The molecule has 1 unspecified atom stereocenters. The van der Waals surface area contributed by atoms with Gasteiger partial charge in [-0.2, -0.15) is 0 Å². The molecule has 13 heavy (non-hydrogen) atoms. The minimum Gasteiger partial charge on any atom is -0.389 e. The van der Waals surface area contributed by atoms with Crippen molar-refractivity contribution in [1.82, 2.24) is 9.97 Å². The highest BCUT2D eigenvalue weighted by Crippen LogP contribution is 2.14. The average molecular weight is 180 g/mol. The quantitative estimate of drug-likeness (QED) is 0.771. The van der Waals surface area contributed by atoms with Gasteiger partial charge in [0.2, 0.25) is 0 Å². The molecule has 0 aliphatic heterocycles. The summed E-state index contributed by atoms with van der Waals surface area (Å²) in [6, 6.07) is 0. The maximum atomic E-state index is 9.35. The average Bonchev–Trinajstić information content (AvgIpc) is 2.04. The first-order chi connectivity index (χ1) is 6.15. The lowest BCUT2D eigenvalue weighted by Gasteiger charge is -2.08. The molecule has 0 saturated carbocycles. The predicted octanol–water partition coefficient (Wildman–Crippen LogP) is 1.79. The summed E-state index contributed by atoms with van der Waals surface area (Å²) in [7, 11) is 0. The van der Waals surface area contributed by atoms with E-state index in [0.717, 1.165) is 29.9 Å². The Morgan fingerprint density at radius 2 is 2.23 bits per heavy atom. The SMILES string of the molecule is CCCc1ncc(C(C)O)c(C)n1. The van der Waals surface area contributed by atoms with Crippen LogP contribution in [0.2, 0.25) is 0 Å². The van der Waals surface area contributed by atoms with Gasteiger partial charge in [-0.25, -0.2) is 9.97 Å². The van der Waals surface area contributed by atoms with Crippen LogP contribution < -0.4 is 0 Å². The zero-order chi connectivity index (χ0) is 9.84. The lowest BCUT2D eigenvalue weighted by molar-refractivity contribution is 0.197. The van der Waals surface area contributed by atoms with E-state index in [1.54, 1.807) is 13.1 Å². The molecule has 0 aromatic carbocycles. The fourth-order valence-corrected chi connectivity index (χ4v) is 1.28. The summed E-state index contributed by atoms with van der Waals surface area (Å²) >= 11 is 0. The summed E-state index contributed by atoms with van der Waals surface area (Å²) in [6.07, 6.45) is 3.20. The van der Waals surface area contributed by atoms with Gasteiger partial charge in [0, 0.05) is 23.9 Å². The molecular weight excluding hydrogens is 164 g/mol. The highest BCUT2D eigenvalue weighted by molar-refractivity contribution is 5.18. The lowest BCUT2D eigenvalue weighted by atomic mass is 10.1. The molecule has 1 rings (SSSR count). The van der Waals surface area contributed by atoms with E-state index in [0.29, 0.717) is 0 Å². The summed E-state index contributed by atoms with van der Waals surface area (Å²) in [6.45, 7) is 5.73. The number of aryl methyl sites for hydroxylation is 2. The van der Waals surface area contributed by atoms with Crippen LogP contribution in [0, 0.1) is 6.92 Å². The van der Waals surface area contributed by atoms with E-state index in [9.17, 15) is 5.11 Å². The van der Waals surface area contributed by atoms with Crippen LogP contribution in [0.4, 0.5) is 0 Å². The molecule has 1 aromatic rings. The van der Waals surface area contributed by atoms with Crippen molar-refractivity contribution >= 4 is 0 Å². The first kappa shape index (κ1) is 10.1. The molecule has 0 saturated heterocycles. The van der Waals surface area contributed by atoms with Gasteiger partial charge in [-0.05, 0) is 20.3 Å². The third-order valence-electron chi connectivity index (χ3n) is 1.99. The molecule has 3 nitrogen and oxygen atoms in total. The summed E-state index contributed by atoms with van der Waals surface area (Å²) in [5, 5.41) is 9.35. The van der Waals surface area contributed by atoms with Crippen LogP contribution in [0.3, 0.4) is 0 Å². The number of aromatic nitrogens is 2. The molecule has 0 bridgehead atoms. The Hall–Kier alpha value is -0.960. The van der Waals surface area contributed by atoms with E-state index in [2.05, 4.69) is 16.9 Å². The molecule has 1 aromatic heterocycles. The van der Waals surface area contributed by atoms with Crippen molar-refractivity contribution in [3.8, 4) is 0 Å². The molecule has 0 amide bonds. The van der Waals surface area contributed by atoms with Crippen LogP contribution >= 0.6 is 0 Å². The Morgan fingerprint density at radius 3 is 2.69 bits per heavy atom. The number of hydrogen-bond acceptors (Lipinski definition) is 3. The van der Waals surface area contributed by atoms with E-state index >= 15 is 0 Å². The fraction of sp³-hybridized carbons (Fsp3) is 0.600. The molecule has 72 valence electrons. The summed E-state index contributed by atoms with van der Waals surface area (Å²) in [5.74, 6) is 0.865. The van der Waals surface area contributed by atoms with Crippen molar-refractivity contribution in [3.05, 3.63) is 23.3 Å². The van der Waals surface area contributed by atoms with Gasteiger partial charge in [0.25, 0.3) is 0 Å². The van der Waals surface area contributed by atoms with Crippen LogP contribution in [-0.2, 0) is 6.42 Å². The molecule has 1 heterocycles. The highest BCUT2D eigenvalue weighted by atomic mass is 16.3. The maximum Gasteiger partial charge on any atom is 0.128 e. The minimum absolute atomic E-state index is 0.476. The van der Waals surface area contributed by atoms with Crippen LogP contribution in [0.25, 0.3) is 0 Å². The van der Waals surface area contributed by atoms with Crippen LogP contribution in [-0.4, -0.2) is 15.1 Å². The van der Waals surface area contributed by atoms with Gasteiger partial charge >= 0.3 is 0 Å². The van der Waals surface area contributed by atoms with Crippen molar-refractivity contribution < 1.29 is 5.11 Å². The number of nitrogens with zero attached hydrogens (tertiary/aromatic N) is 2. The van der Waals surface area contributed by atoms with Crippen LogP contribution in [0.5, 0.6) is 0 Å². The summed E-state index contributed by atoms with van der Waals surface area (Å²) in [4.78, 5) is 8.49. The van der Waals surface area contributed by atoms with Crippen molar-refractivity contribution in [3.63, 3.8) is 0 Å². The highest BCUT2D eigenvalue weighted by Gasteiger charge is 2.07. The first-order valence-electron chi connectivity index (χ1n) is 4.65. The van der Waals surface area contributed by atoms with Crippen molar-refractivity contribution in [1.29, 1.82) is 0 Å². The van der Waals surface area contributed by atoms with E-state index in [-0.39, 0.29) is 0 Å². The molecule has 3 heteroatoms. The van der Waals surface area contributed by atoms with Gasteiger partial charge in [0.15, 0.2) is 0 Å². The molecule has 0 fully saturated rings. The monoisotopic (exact) mass is 180 g/mol. The zero-order valence-electron chi connectivity index (χ0n) is 8.41. The van der Waals surface area contributed by atoms with Crippen molar-refractivity contribution in [2.45, 2.75) is 39.7 Å². The third kappa shape index (κ3) is 2.49. The number of rotatable bonds is 3. The second-order valence-electron chi connectivity index (χ2n) is 3.25. The summed E-state index contributed by atoms with van der Waals surface area (Å²) in [5.41, 5.74) is 1.70. The standard InChI is InChI=1S/C10H16N2O/c1-4-5-10-11-6-9(8(3)13)7(2)12-10/h6,8,13H,4-5H2,1-3H3. The maximum absolute atomic E-state index is 9.35. The Kier molecular flexibility index (Phi) is 3.37. The van der Waals surface area contributed by atoms with Crippen LogP contribution in [0.15, 0.2) is 6.20 Å². The first-order valence-corrected chi connectivity index (χ1v) is 4.65. The van der Waals surface area contributed by atoms with E-state index in [4.69, 9.17) is 0 Å². The number of aliphatic hydroxyl groups is 1. The van der Waals surface area contributed by atoms with E-state index in [1.165, 1.54) is 0 Å². The van der Waals surface area contributed by atoms with Gasteiger partial charge in [-0.3, -0.25) is 0 Å². The summed E-state index contributed by atoms with van der Waals surface area (Å²) < 4.78 is 0. The molecule has 1 atom stereocenters. The normalized spacial score (nSPS) is 12.9. The van der Waals surface area contributed by atoms with Crippen molar-refractivity contribution in [2.24, 2.45) is 0 Å². The van der Waals surface area contributed by atoms with Crippen LogP contribution in [0.1, 0.15) is 43.5 Å². The second kappa shape index (κ2) is 4.33. The molecule has 0 radical (unpaired) electrons. The predicted molar refractivity (Wildman–Crippen MR) is 51.4 cm³/mol. The second-order valence-corrected chi connectivity index (χ2v) is 3.25. The number of hydrogen-bond donors (Lipinski definition) is 1. The Labute approximate surface area is 78.9 Å². The van der Waals surface area contributed by atoms with E-state index in [1.807, 2.05) is 6.92 Å². The number of aliphatic hydroxyl groups excluding tert-OH is 1. The Bertz CT molecular complexity index is 284. The zero-order valence-corrected chi connectivity index (χ0v) is 8.41. The Morgan fingerprint density at radius 1 is 1.54 bits per heavy atom. The van der Waals surface area contributed by atoms with Gasteiger partial charge in [-0.1, -0.05) is 6.92 Å². The van der Waals surface area contributed by atoms with Gasteiger partial charge in [0.1, 0.15) is 5.82 Å². The molecular formula is C10H16N2O. The fourth-order valence-electron chi connectivity index (χ4n) is 1.28. The largest absolute Gasteiger partial charge is 0.389 e. The third-order valence-corrected chi connectivity index (χ3v) is 1.99. The Balaban J connectivity index is 2.92. The lowest BCUT2D eigenvalue weighted by Crippen LogP contribution is -2.03. The van der Waals surface area contributed by atoms with Gasteiger partial charge in [-0.15, -0.1) is 0 Å². The van der Waals surface area contributed by atoms with E-state index < -0.39 is 6.10 Å². The molecule has 1 N–H and O–H groups in total. The molecule has 0 aliphatic carbocycles. The van der Waals surface area contributed by atoms with Gasteiger partial charge < -0.3 is 5.11 Å². The van der Waals surface area contributed by atoms with Gasteiger partial charge in [0.05, 0.1) is 6.10 Å². The minimum atomic E-state index is -0.476. The topological polar surface area (TPSA) is 46.0 Å². The smallest absolute Gasteiger partial charge is 0.128 e. The molecule has 0 aliphatic rings. The van der Waals surface area contributed by atoms with Crippen molar-refractivity contribution in [2.75, 3.05) is 0 Å². The molecule has 0 spiro atoms.